The first-order chi connectivity index (χ1) is 19.0. The van der Waals surface area contributed by atoms with Crippen molar-refractivity contribution in [1.82, 2.24) is 0 Å². The fourth-order valence-electron chi connectivity index (χ4n) is 5.63. The lowest BCUT2D eigenvalue weighted by Crippen LogP contribution is -2.78. The van der Waals surface area contributed by atoms with E-state index in [2.05, 4.69) is 11.4 Å². The summed E-state index contributed by atoms with van der Waals surface area (Å²) >= 11 is 0. The zero-order valence-electron chi connectivity index (χ0n) is 24.6. The average Bonchev–Trinajstić information content (AvgIpc) is 2.92. The van der Waals surface area contributed by atoms with Gasteiger partial charge in [-0.1, -0.05) is 103 Å². The third kappa shape index (κ3) is 12.2. The van der Waals surface area contributed by atoms with Crippen LogP contribution in [-0.2, 0) is 18.6 Å². The maximum Gasteiger partial charge on any atom is 0.266 e. The molecule has 6 N–H and O–H groups in total. The van der Waals surface area contributed by atoms with E-state index in [1.54, 1.807) is 0 Å². The van der Waals surface area contributed by atoms with Crippen LogP contribution in [0, 0.1) is 0 Å². The van der Waals surface area contributed by atoms with Gasteiger partial charge in [-0.05, 0) is 19.3 Å². The molecule has 240 valence electrons. The summed E-state index contributed by atoms with van der Waals surface area (Å²) in [7, 11) is -4.69. The second kappa shape index (κ2) is 19.9. The van der Waals surface area contributed by atoms with Crippen molar-refractivity contribution in [3.63, 3.8) is 0 Å². The minimum atomic E-state index is -5.59. The Morgan fingerprint density at radius 1 is 0.700 bits per heavy atom. The number of aliphatic hydroxyl groups excluding tert-OH is 4. The van der Waals surface area contributed by atoms with E-state index in [4.69, 9.17) is 9.47 Å². The van der Waals surface area contributed by atoms with Crippen molar-refractivity contribution in [2.24, 2.45) is 0 Å². The van der Waals surface area contributed by atoms with Crippen LogP contribution in [0.15, 0.2) is 0 Å². The summed E-state index contributed by atoms with van der Waals surface area (Å²) in [5.74, 6) is -2.96. The van der Waals surface area contributed by atoms with Crippen molar-refractivity contribution in [2.75, 3.05) is 20.3 Å². The van der Waals surface area contributed by atoms with Gasteiger partial charge in [0, 0.05) is 20.3 Å². The molecular weight excluding hydrogens is 543 g/mol. The number of methoxy groups -OCH3 is 1. The molecule has 0 radical (unpaired) electrons. The highest BCUT2D eigenvalue weighted by molar-refractivity contribution is 7.44. The summed E-state index contributed by atoms with van der Waals surface area (Å²) < 4.78 is 26.7. The van der Waals surface area contributed by atoms with E-state index < -0.39 is 50.0 Å². The van der Waals surface area contributed by atoms with Crippen LogP contribution < -0.4 is 4.89 Å². The number of phosphoric acid groups is 1. The van der Waals surface area contributed by atoms with Crippen molar-refractivity contribution < 1.29 is 53.9 Å². The third-order valence-electron chi connectivity index (χ3n) is 8.05. The van der Waals surface area contributed by atoms with Crippen LogP contribution in [0.4, 0.5) is 0 Å². The smallest absolute Gasteiger partial charge is 0.266 e. The number of unbranched alkanes of at least 4 members (excludes halogenated alkanes) is 15. The molecule has 1 rings (SSSR count). The molecule has 1 fully saturated rings. The van der Waals surface area contributed by atoms with E-state index in [0.717, 1.165) is 26.4 Å². The van der Waals surface area contributed by atoms with Gasteiger partial charge >= 0.3 is 0 Å². The zero-order valence-corrected chi connectivity index (χ0v) is 25.5. The maximum atomic E-state index is 11.6. The predicted molar refractivity (Wildman–Crippen MR) is 149 cm³/mol. The Labute approximate surface area is 240 Å². The van der Waals surface area contributed by atoms with Gasteiger partial charge in [-0.25, -0.2) is 0 Å². The molecule has 0 aromatic heterocycles. The van der Waals surface area contributed by atoms with Crippen molar-refractivity contribution >= 4 is 7.82 Å². The minimum absolute atomic E-state index is 0.0249. The van der Waals surface area contributed by atoms with Gasteiger partial charge in [-0.3, -0.25) is 4.57 Å². The van der Waals surface area contributed by atoms with E-state index in [1.165, 1.54) is 83.5 Å². The van der Waals surface area contributed by atoms with E-state index in [1.807, 2.05) is 0 Å². The summed E-state index contributed by atoms with van der Waals surface area (Å²) in [5.41, 5.74) is -2.69. The Morgan fingerprint density at radius 3 is 1.52 bits per heavy atom. The van der Waals surface area contributed by atoms with Crippen molar-refractivity contribution in [2.45, 2.75) is 158 Å². The average molecular weight is 600 g/mol. The van der Waals surface area contributed by atoms with Crippen LogP contribution in [0.5, 0.6) is 0 Å². The number of hydrogen-bond acceptors (Lipinski definition) is 10. The van der Waals surface area contributed by atoms with Gasteiger partial charge < -0.3 is 49.3 Å². The second-order valence-electron chi connectivity index (χ2n) is 11.2. The monoisotopic (exact) mass is 599 g/mol. The first-order valence-corrected chi connectivity index (χ1v) is 16.8. The maximum absolute atomic E-state index is 11.6. The fraction of sp³-hybridized carbons (Fsp3) is 1.00. The highest BCUT2D eigenvalue weighted by atomic mass is 31.2. The summed E-state index contributed by atoms with van der Waals surface area (Å²) in [6.07, 6.45) is 11.2. The molecule has 7 atom stereocenters. The standard InChI is InChI=1S/C28H57O11P/c1-3-4-5-6-7-8-9-10-11-12-13-14-15-16-17-18-21-38-22-19-20-27(39-40(34,35)36)25(31)23(29)24(30)26(32)28(27,33)37-2/h23-26,29-33H,3-22H2,1-2H3,(H2,34,35,36)/p-1/t23-,24?,25-,26+,27?,28-/m0/s1. The lowest BCUT2D eigenvalue weighted by molar-refractivity contribution is -0.395. The highest BCUT2D eigenvalue weighted by Crippen LogP contribution is 2.51. The number of aliphatic hydroxyl groups is 5. The van der Waals surface area contributed by atoms with Crippen LogP contribution in [0.3, 0.4) is 0 Å². The Balaban J connectivity index is 2.23. The summed E-state index contributed by atoms with van der Waals surface area (Å²) in [6.45, 7) is 2.81. The van der Waals surface area contributed by atoms with Crippen molar-refractivity contribution in [3.05, 3.63) is 0 Å². The van der Waals surface area contributed by atoms with Gasteiger partial charge in [0.25, 0.3) is 7.82 Å². The van der Waals surface area contributed by atoms with Crippen molar-refractivity contribution in [1.29, 1.82) is 0 Å². The first-order valence-electron chi connectivity index (χ1n) is 15.3. The third-order valence-corrected chi connectivity index (χ3v) is 8.61. The summed E-state index contributed by atoms with van der Waals surface area (Å²) in [5, 5.41) is 51.9. The van der Waals surface area contributed by atoms with Crippen LogP contribution in [0.2, 0.25) is 0 Å². The van der Waals surface area contributed by atoms with E-state index in [-0.39, 0.29) is 13.0 Å². The molecule has 11 nitrogen and oxygen atoms in total. The molecule has 0 aliphatic heterocycles. The molecule has 0 amide bonds. The molecule has 1 aliphatic carbocycles. The minimum Gasteiger partial charge on any atom is -0.756 e. The van der Waals surface area contributed by atoms with Gasteiger partial charge in [0.15, 0.2) is 5.60 Å². The van der Waals surface area contributed by atoms with E-state index >= 15 is 0 Å². The number of ether oxygens (including phenoxy) is 2. The van der Waals surface area contributed by atoms with Crippen molar-refractivity contribution in [3.8, 4) is 0 Å². The largest absolute Gasteiger partial charge is 0.756 e. The van der Waals surface area contributed by atoms with Gasteiger partial charge in [0.1, 0.15) is 24.4 Å². The van der Waals surface area contributed by atoms with E-state index in [0.29, 0.717) is 6.61 Å². The molecule has 0 bridgehead atoms. The van der Waals surface area contributed by atoms with Gasteiger partial charge in [0.05, 0.1) is 0 Å². The number of phosphoric ester groups is 1. The summed E-state index contributed by atoms with van der Waals surface area (Å²) in [4.78, 5) is 20.9. The first kappa shape index (κ1) is 37.9. The lowest BCUT2D eigenvalue weighted by Gasteiger charge is -2.56. The molecule has 1 aliphatic rings. The van der Waals surface area contributed by atoms with Gasteiger partial charge in [-0.2, -0.15) is 0 Å². The van der Waals surface area contributed by atoms with Crippen LogP contribution in [0.25, 0.3) is 0 Å². The number of rotatable bonds is 24. The Bertz CT molecular complexity index is 693. The van der Waals surface area contributed by atoms with Crippen LogP contribution in [-0.4, -0.2) is 86.6 Å². The van der Waals surface area contributed by atoms with Crippen LogP contribution in [0.1, 0.15) is 122 Å². The Kier molecular flexibility index (Phi) is 18.8. The SMILES string of the molecule is CCCCCCCCCCCCCCCCCCOCCCC1(OP(=O)([O-])O)[C@@H](O)[C@@H](O)C(O)[C@@H](O)[C@]1(O)OC. The molecule has 0 saturated heterocycles. The zero-order chi connectivity index (χ0) is 30.1. The molecule has 0 heterocycles. The lowest BCUT2D eigenvalue weighted by atomic mass is 9.70. The van der Waals surface area contributed by atoms with E-state index in [9.17, 15) is 39.9 Å². The molecular formula is C28H56O11P-. The normalized spacial score (nSPS) is 30.4. The number of hydrogen-bond donors (Lipinski definition) is 6. The van der Waals surface area contributed by atoms with Gasteiger partial charge in [0.2, 0.25) is 5.79 Å². The summed E-state index contributed by atoms with van der Waals surface area (Å²) in [6, 6.07) is 0. The Hall–Kier alpha value is -0.170. The second-order valence-corrected chi connectivity index (χ2v) is 12.4. The topological polar surface area (TPSA) is 189 Å². The molecule has 0 spiro atoms. The molecule has 40 heavy (non-hydrogen) atoms. The Morgan fingerprint density at radius 2 is 1.10 bits per heavy atom. The van der Waals surface area contributed by atoms with Crippen LogP contribution >= 0.6 is 7.82 Å². The highest BCUT2D eigenvalue weighted by Gasteiger charge is 2.69. The molecule has 12 heteroatoms. The fourth-order valence-corrected chi connectivity index (χ4v) is 6.37. The molecule has 0 aromatic carbocycles. The molecule has 0 aromatic rings. The van der Waals surface area contributed by atoms with Gasteiger partial charge in [-0.15, -0.1) is 0 Å². The molecule has 3 unspecified atom stereocenters. The predicted octanol–water partition coefficient (Wildman–Crippen LogP) is 3.05. The quantitative estimate of drug-likeness (QED) is 0.0543. The molecule has 1 saturated carbocycles.